The molecule has 0 radical (unpaired) electrons. The lowest BCUT2D eigenvalue weighted by Crippen LogP contribution is -2.42. The highest BCUT2D eigenvalue weighted by molar-refractivity contribution is 8.10. The van der Waals surface area contributed by atoms with E-state index in [0.29, 0.717) is 0 Å². The van der Waals surface area contributed by atoms with Gasteiger partial charge in [-0.15, -0.1) is 0 Å². The van der Waals surface area contributed by atoms with Crippen LogP contribution in [0.3, 0.4) is 0 Å². The topological polar surface area (TPSA) is 98.1 Å². The molecule has 1 atom stereocenters. The fourth-order valence-corrected chi connectivity index (χ4v) is 4.85. The van der Waals surface area contributed by atoms with Gasteiger partial charge in [0.15, 0.2) is 5.69 Å². The average molecular weight is 465 g/mol. The highest BCUT2D eigenvalue weighted by atomic mass is 32.2. The lowest BCUT2D eigenvalue weighted by atomic mass is 10.1. The Morgan fingerprint density at radius 2 is 1.88 bits per heavy atom. The Labute approximate surface area is 191 Å². The van der Waals surface area contributed by atoms with E-state index in [9.17, 15) is 23.6 Å². The molecule has 2 N–H and O–H groups in total. The van der Waals surface area contributed by atoms with Crippen molar-refractivity contribution in [3.8, 4) is 6.07 Å². The molecule has 0 amide bonds. The molecule has 6 nitrogen and oxygen atoms in total. The van der Waals surface area contributed by atoms with Crippen LogP contribution in [0.25, 0.3) is 11.0 Å². The number of nitrogen functional groups attached to an aromatic ring is 1. The zero-order chi connectivity index (χ0) is 23.7. The predicted molar refractivity (Wildman–Crippen MR) is 120 cm³/mol. The van der Waals surface area contributed by atoms with E-state index in [1.54, 1.807) is 19.1 Å². The number of benzene rings is 2. The van der Waals surface area contributed by atoms with E-state index in [1.807, 2.05) is 6.07 Å². The number of thioether (sulfide) groups is 1. The second-order valence-corrected chi connectivity index (χ2v) is 8.16. The van der Waals surface area contributed by atoms with Crippen molar-refractivity contribution in [2.75, 3.05) is 12.3 Å². The number of aromatic nitrogens is 1. The summed E-state index contributed by atoms with van der Waals surface area (Å²) in [6.45, 7) is 1.67. The summed E-state index contributed by atoms with van der Waals surface area (Å²) in [6, 6.07) is 13.4. The van der Waals surface area contributed by atoms with Crippen LogP contribution in [0.5, 0.6) is 0 Å². The number of nitrogens with zero attached hydrogens (tertiary/aromatic N) is 2. The van der Waals surface area contributed by atoms with Gasteiger partial charge in [-0.1, -0.05) is 48.2 Å². The minimum atomic E-state index is -1.15. The van der Waals surface area contributed by atoms with E-state index in [0.717, 1.165) is 16.3 Å². The third kappa shape index (κ3) is 3.79. The molecule has 0 saturated carbocycles. The number of nitrogens with two attached hydrogens (primary N) is 1. The van der Waals surface area contributed by atoms with Crippen molar-refractivity contribution in [1.29, 1.82) is 5.26 Å². The second-order valence-electron chi connectivity index (χ2n) is 7.04. The Balaban J connectivity index is 2.10. The molecule has 0 fully saturated rings. The molecule has 0 bridgehead atoms. The number of fused-ring (bicyclic) bond motifs is 1. The van der Waals surface area contributed by atoms with Gasteiger partial charge in [-0.25, -0.2) is 13.6 Å². The maximum absolute atomic E-state index is 14.6. The monoisotopic (exact) mass is 465 g/mol. The predicted octanol–water partition coefficient (Wildman–Crippen LogP) is 2.85. The van der Waals surface area contributed by atoms with Crippen molar-refractivity contribution in [1.82, 2.24) is 4.57 Å². The van der Waals surface area contributed by atoms with E-state index in [1.165, 1.54) is 42.5 Å². The second kappa shape index (κ2) is 8.92. The molecule has 1 aliphatic rings. The number of carbonyl (C=O) groups excluding carboxylic acids is 2. The molecular weight excluding hydrogens is 448 g/mol. The van der Waals surface area contributed by atoms with Crippen LogP contribution in [0.15, 0.2) is 48.5 Å². The Hall–Kier alpha value is -3.90. The van der Waals surface area contributed by atoms with Crippen LogP contribution in [-0.4, -0.2) is 23.1 Å². The van der Waals surface area contributed by atoms with Crippen LogP contribution in [0.4, 0.5) is 14.5 Å². The number of hydrogen-bond acceptors (Lipinski definition) is 6. The smallest absolute Gasteiger partial charge is 0.346 e. The zero-order valence-corrected chi connectivity index (χ0v) is 18.2. The third-order valence-corrected chi connectivity index (χ3v) is 6.39. The van der Waals surface area contributed by atoms with Crippen molar-refractivity contribution < 1.29 is 23.1 Å². The standard InChI is InChI=1S/C24H17F2N3O3S/c1-2-32-24(31)22-20-15(11-13-7-3-5-9-16(13)25)19(28)18(12-27)29(20)23(30)21(33-22)14-8-4-6-10-17(14)26/h3-11,21H,2,28H2,1H3. The van der Waals surface area contributed by atoms with Gasteiger partial charge in [0, 0.05) is 16.3 Å². The molecular formula is C24H17F2N3O3S. The Bertz CT molecular complexity index is 1460. The van der Waals surface area contributed by atoms with Crippen molar-refractivity contribution in [2.45, 2.75) is 12.2 Å². The summed E-state index contributed by atoms with van der Waals surface area (Å²) in [6.07, 6.45) is 1.37. The number of ether oxygens (including phenoxy) is 1. The van der Waals surface area contributed by atoms with Gasteiger partial charge in [-0.05, 0) is 25.1 Å². The summed E-state index contributed by atoms with van der Waals surface area (Å²) >= 11 is 0.812. The number of carbonyl (C=O) groups is 2. The lowest BCUT2D eigenvalue weighted by molar-refractivity contribution is -0.135. The summed E-state index contributed by atoms with van der Waals surface area (Å²) in [5.74, 6) is -2.59. The Kier molecular flexibility index (Phi) is 6.03. The Morgan fingerprint density at radius 1 is 1.21 bits per heavy atom. The van der Waals surface area contributed by atoms with Crippen molar-refractivity contribution in [2.24, 2.45) is 0 Å². The van der Waals surface area contributed by atoms with Gasteiger partial charge in [0.1, 0.15) is 27.9 Å². The van der Waals surface area contributed by atoms with E-state index in [4.69, 9.17) is 10.5 Å². The van der Waals surface area contributed by atoms with Gasteiger partial charge < -0.3 is 10.5 Å². The van der Waals surface area contributed by atoms with Gasteiger partial charge in [-0.3, -0.25) is 9.36 Å². The lowest BCUT2D eigenvalue weighted by Gasteiger charge is -2.23. The van der Waals surface area contributed by atoms with Crippen LogP contribution in [-0.2, 0) is 9.53 Å². The maximum atomic E-state index is 14.6. The van der Waals surface area contributed by atoms with E-state index in [2.05, 4.69) is 0 Å². The summed E-state index contributed by atoms with van der Waals surface area (Å²) in [7, 11) is 0. The molecule has 0 aliphatic carbocycles. The highest BCUT2D eigenvalue weighted by Gasteiger charge is 2.37. The molecule has 0 saturated heterocycles. The van der Waals surface area contributed by atoms with Gasteiger partial charge in [0.05, 0.1) is 17.6 Å². The summed E-state index contributed by atoms with van der Waals surface area (Å²) < 4.78 is 35.1. The van der Waals surface area contributed by atoms with Crippen LogP contribution >= 0.6 is 11.8 Å². The summed E-state index contributed by atoms with van der Waals surface area (Å²) in [4.78, 5) is 26.3. The van der Waals surface area contributed by atoms with Gasteiger partial charge in [0.2, 0.25) is 5.91 Å². The number of nitriles is 1. The average Bonchev–Trinajstić information content (AvgIpc) is 3.08. The molecule has 2 heterocycles. The Morgan fingerprint density at radius 3 is 2.52 bits per heavy atom. The van der Waals surface area contributed by atoms with Crippen LogP contribution in [0.2, 0.25) is 0 Å². The largest absolute Gasteiger partial charge is 0.462 e. The molecule has 33 heavy (non-hydrogen) atoms. The summed E-state index contributed by atoms with van der Waals surface area (Å²) in [5, 5.41) is 8.77. The first kappa shape index (κ1) is 22.3. The van der Waals surface area contributed by atoms with Crippen molar-refractivity contribution in [3.63, 3.8) is 0 Å². The minimum Gasteiger partial charge on any atom is -0.462 e. The van der Waals surface area contributed by atoms with E-state index >= 15 is 0 Å². The molecule has 9 heteroatoms. The van der Waals surface area contributed by atoms with Crippen LogP contribution < -0.4 is 16.3 Å². The number of anilines is 1. The quantitative estimate of drug-likeness (QED) is 0.595. The first-order valence-corrected chi connectivity index (χ1v) is 10.8. The van der Waals surface area contributed by atoms with E-state index in [-0.39, 0.29) is 44.6 Å². The molecule has 0 spiro atoms. The molecule has 1 unspecified atom stereocenters. The van der Waals surface area contributed by atoms with Gasteiger partial charge >= 0.3 is 5.97 Å². The zero-order valence-electron chi connectivity index (χ0n) is 17.3. The minimum absolute atomic E-state index is 0.0216. The molecule has 1 aromatic heterocycles. The van der Waals surface area contributed by atoms with Crippen LogP contribution in [0.1, 0.15) is 33.8 Å². The fourth-order valence-electron chi connectivity index (χ4n) is 3.62. The van der Waals surface area contributed by atoms with Gasteiger partial charge in [-0.2, -0.15) is 5.26 Å². The number of esters is 1. The normalized spacial score (nSPS) is 15.8. The first-order chi connectivity index (χ1) is 15.9. The maximum Gasteiger partial charge on any atom is 0.346 e. The molecule has 1 aliphatic heterocycles. The van der Waals surface area contributed by atoms with Crippen molar-refractivity contribution in [3.05, 3.63) is 87.6 Å². The molecule has 4 rings (SSSR count). The SMILES string of the molecule is CCOC(=O)C1=c2c(=Cc3ccccc3F)c(N)c(C#N)n2C(=O)C(c2ccccc2F)S1. The number of hydrogen-bond donors (Lipinski definition) is 1. The first-order valence-electron chi connectivity index (χ1n) is 9.92. The van der Waals surface area contributed by atoms with Crippen molar-refractivity contribution >= 4 is 40.3 Å². The fraction of sp³-hybridized carbons (Fsp3) is 0.125. The van der Waals surface area contributed by atoms with Gasteiger partial charge in [0.25, 0.3) is 0 Å². The van der Waals surface area contributed by atoms with E-state index < -0.39 is 28.8 Å². The van der Waals surface area contributed by atoms with Crippen LogP contribution in [0, 0.1) is 23.0 Å². The molecule has 166 valence electrons. The molecule has 3 aromatic rings. The molecule has 2 aromatic carbocycles. The number of halogens is 2. The number of rotatable bonds is 4. The third-order valence-electron chi connectivity index (χ3n) is 5.10. The summed E-state index contributed by atoms with van der Waals surface area (Å²) in [5.41, 5.74) is 6.09. The highest BCUT2D eigenvalue weighted by Crippen LogP contribution is 2.40.